The van der Waals surface area contributed by atoms with Crippen LogP contribution in [-0.4, -0.2) is 52.0 Å². The highest BCUT2D eigenvalue weighted by atomic mass is 16.5. The van der Waals surface area contributed by atoms with Gasteiger partial charge >= 0.3 is 6.03 Å². The molecule has 7 heteroatoms. The van der Waals surface area contributed by atoms with Crippen LogP contribution < -0.4 is 24.3 Å². The number of nitrogens with zero attached hydrogens (tertiary/aromatic N) is 1. The van der Waals surface area contributed by atoms with Crippen molar-refractivity contribution in [2.75, 3.05) is 35.0 Å². The van der Waals surface area contributed by atoms with Crippen molar-refractivity contribution in [2.45, 2.75) is 32.4 Å². The summed E-state index contributed by atoms with van der Waals surface area (Å²) < 4.78 is 21.9. The molecule has 1 atom stereocenters. The highest BCUT2D eigenvalue weighted by molar-refractivity contribution is 5.76. The third kappa shape index (κ3) is 4.10. The largest absolute Gasteiger partial charge is 0.493 e. The van der Waals surface area contributed by atoms with Gasteiger partial charge in [-0.15, -0.1) is 0 Å². The Morgan fingerprint density at radius 1 is 0.933 bits per heavy atom. The molecule has 0 saturated heterocycles. The highest BCUT2D eigenvalue weighted by Crippen LogP contribution is 2.42. The average molecular weight is 415 g/mol. The molecule has 3 rings (SSSR count). The van der Waals surface area contributed by atoms with Gasteiger partial charge in [0.1, 0.15) is 0 Å². The Kier molecular flexibility index (Phi) is 6.59. The molecule has 2 aromatic rings. The second-order valence-electron chi connectivity index (χ2n) is 7.47. The molecule has 0 spiro atoms. The van der Waals surface area contributed by atoms with E-state index in [0.29, 0.717) is 29.5 Å². The van der Waals surface area contributed by atoms with Crippen molar-refractivity contribution in [3.05, 3.63) is 47.0 Å². The molecule has 1 aliphatic rings. The van der Waals surface area contributed by atoms with Crippen LogP contribution in [0.15, 0.2) is 30.3 Å². The maximum Gasteiger partial charge on any atom is 0.318 e. The summed E-state index contributed by atoms with van der Waals surface area (Å²) in [6.07, 6.45) is 0.727. The van der Waals surface area contributed by atoms with Gasteiger partial charge in [0.25, 0.3) is 0 Å². The van der Waals surface area contributed by atoms with Crippen LogP contribution in [0.3, 0.4) is 0 Å². The molecule has 1 aliphatic heterocycles. The zero-order valence-electron chi connectivity index (χ0n) is 18.4. The maximum absolute atomic E-state index is 13.1. The number of hydrogen-bond donors (Lipinski definition) is 1. The first kappa shape index (κ1) is 21.6. The summed E-state index contributed by atoms with van der Waals surface area (Å²) in [5.41, 5.74) is 3.06. The van der Waals surface area contributed by atoms with Gasteiger partial charge in [0.15, 0.2) is 23.0 Å². The Bertz CT molecular complexity index is 913. The summed E-state index contributed by atoms with van der Waals surface area (Å²) in [4.78, 5) is 14.9. The molecule has 7 nitrogen and oxygen atoms in total. The Hall–Kier alpha value is -3.09. The van der Waals surface area contributed by atoms with Gasteiger partial charge < -0.3 is 29.2 Å². The van der Waals surface area contributed by atoms with Gasteiger partial charge in [-0.1, -0.05) is 6.07 Å². The first-order valence-corrected chi connectivity index (χ1v) is 9.97. The summed E-state index contributed by atoms with van der Waals surface area (Å²) in [5, 5.41) is 3.02. The molecule has 0 radical (unpaired) electrons. The maximum atomic E-state index is 13.1. The van der Waals surface area contributed by atoms with E-state index in [2.05, 4.69) is 5.32 Å². The van der Waals surface area contributed by atoms with Crippen LogP contribution >= 0.6 is 0 Å². The van der Waals surface area contributed by atoms with Crippen LogP contribution in [0.5, 0.6) is 23.0 Å². The van der Waals surface area contributed by atoms with Crippen molar-refractivity contribution in [2.24, 2.45) is 0 Å². The van der Waals surface area contributed by atoms with E-state index in [9.17, 15) is 4.79 Å². The molecular weight excluding hydrogens is 384 g/mol. The van der Waals surface area contributed by atoms with E-state index >= 15 is 0 Å². The number of methoxy groups -OCH3 is 4. The molecule has 0 fully saturated rings. The third-order valence-corrected chi connectivity index (χ3v) is 5.27. The van der Waals surface area contributed by atoms with E-state index in [1.54, 1.807) is 28.4 Å². The Morgan fingerprint density at radius 3 is 2.13 bits per heavy atom. The summed E-state index contributed by atoms with van der Waals surface area (Å²) >= 11 is 0. The predicted molar refractivity (Wildman–Crippen MR) is 115 cm³/mol. The Balaban J connectivity index is 2.16. The minimum atomic E-state index is -0.299. The minimum Gasteiger partial charge on any atom is -0.493 e. The fourth-order valence-electron chi connectivity index (χ4n) is 3.88. The van der Waals surface area contributed by atoms with Crippen molar-refractivity contribution in [1.29, 1.82) is 0 Å². The third-order valence-electron chi connectivity index (χ3n) is 5.27. The second-order valence-corrected chi connectivity index (χ2v) is 7.47. The number of amides is 2. The van der Waals surface area contributed by atoms with Gasteiger partial charge in [-0.05, 0) is 61.2 Å². The first-order chi connectivity index (χ1) is 14.4. The lowest BCUT2D eigenvalue weighted by Gasteiger charge is -2.38. The molecule has 0 unspecified atom stereocenters. The predicted octanol–water partition coefficient (Wildman–Crippen LogP) is 3.79. The van der Waals surface area contributed by atoms with Crippen LogP contribution in [0, 0.1) is 0 Å². The number of urea groups is 1. The van der Waals surface area contributed by atoms with E-state index in [4.69, 9.17) is 18.9 Å². The van der Waals surface area contributed by atoms with Crippen molar-refractivity contribution in [3.8, 4) is 23.0 Å². The summed E-state index contributed by atoms with van der Waals surface area (Å²) in [7, 11) is 6.45. The molecule has 0 bridgehead atoms. The van der Waals surface area contributed by atoms with Gasteiger partial charge in [-0.25, -0.2) is 4.79 Å². The molecule has 1 heterocycles. The number of ether oxygens (including phenoxy) is 4. The summed E-state index contributed by atoms with van der Waals surface area (Å²) in [5.74, 6) is 2.57. The number of carbonyl (C=O) groups excluding carboxylic acids is 1. The summed E-state index contributed by atoms with van der Waals surface area (Å²) in [6.45, 7) is 4.49. The highest BCUT2D eigenvalue weighted by Gasteiger charge is 2.34. The van der Waals surface area contributed by atoms with Crippen molar-refractivity contribution in [3.63, 3.8) is 0 Å². The van der Waals surface area contributed by atoms with Crippen molar-refractivity contribution < 1.29 is 23.7 Å². The lowest BCUT2D eigenvalue weighted by molar-refractivity contribution is 0.177. The number of hydrogen-bond acceptors (Lipinski definition) is 5. The van der Waals surface area contributed by atoms with Crippen LogP contribution in [0.4, 0.5) is 4.79 Å². The number of nitrogens with one attached hydrogen (secondary N) is 1. The topological polar surface area (TPSA) is 69.3 Å². The number of carbonyl (C=O) groups is 1. The smallest absolute Gasteiger partial charge is 0.318 e. The van der Waals surface area contributed by atoms with Gasteiger partial charge in [-0.3, -0.25) is 0 Å². The van der Waals surface area contributed by atoms with Crippen LogP contribution in [0.25, 0.3) is 0 Å². The molecule has 162 valence electrons. The van der Waals surface area contributed by atoms with Crippen molar-refractivity contribution in [1.82, 2.24) is 10.2 Å². The molecule has 2 aromatic carbocycles. The zero-order valence-corrected chi connectivity index (χ0v) is 18.4. The number of benzene rings is 2. The van der Waals surface area contributed by atoms with E-state index in [1.807, 2.05) is 49.1 Å². The fourth-order valence-corrected chi connectivity index (χ4v) is 3.88. The van der Waals surface area contributed by atoms with Gasteiger partial charge in [0.2, 0.25) is 0 Å². The number of fused-ring (bicyclic) bond motifs is 1. The van der Waals surface area contributed by atoms with Crippen LogP contribution in [-0.2, 0) is 6.42 Å². The normalized spacial score (nSPS) is 15.4. The van der Waals surface area contributed by atoms with Gasteiger partial charge in [-0.2, -0.15) is 0 Å². The zero-order chi connectivity index (χ0) is 21.8. The summed E-state index contributed by atoms with van der Waals surface area (Å²) in [6, 6.07) is 9.34. The Labute approximate surface area is 177 Å². The van der Waals surface area contributed by atoms with Crippen LogP contribution in [0.2, 0.25) is 0 Å². The molecule has 2 amide bonds. The van der Waals surface area contributed by atoms with E-state index in [0.717, 1.165) is 23.1 Å². The van der Waals surface area contributed by atoms with E-state index < -0.39 is 0 Å². The lowest BCUT2D eigenvalue weighted by atomic mass is 9.87. The molecule has 0 aliphatic carbocycles. The Morgan fingerprint density at radius 2 is 1.53 bits per heavy atom. The molecule has 0 aromatic heterocycles. The standard InChI is InChI=1S/C23H30N2O5/c1-14(2)24-23(26)25-10-9-15-11-20(29-5)21(30-6)13-17(15)22(25)16-7-8-18(27-3)19(12-16)28-4/h7-8,11-14,22H,9-10H2,1-6H3,(H,24,26)/t22-/m0/s1. The minimum absolute atomic E-state index is 0.0374. The second kappa shape index (κ2) is 9.15. The molecule has 30 heavy (non-hydrogen) atoms. The van der Waals surface area contributed by atoms with Crippen molar-refractivity contribution >= 4 is 6.03 Å². The van der Waals surface area contributed by atoms with E-state index in [-0.39, 0.29) is 18.1 Å². The fraction of sp³-hybridized carbons (Fsp3) is 0.435. The lowest BCUT2D eigenvalue weighted by Crippen LogP contribution is -2.47. The van der Waals surface area contributed by atoms with Gasteiger partial charge in [0.05, 0.1) is 34.5 Å². The quantitative estimate of drug-likeness (QED) is 0.779. The first-order valence-electron chi connectivity index (χ1n) is 9.97. The molecular formula is C23H30N2O5. The number of rotatable bonds is 6. The average Bonchev–Trinajstić information content (AvgIpc) is 2.76. The van der Waals surface area contributed by atoms with Crippen LogP contribution in [0.1, 0.15) is 36.6 Å². The molecule has 1 N–H and O–H groups in total. The monoisotopic (exact) mass is 414 g/mol. The van der Waals surface area contributed by atoms with Gasteiger partial charge in [0, 0.05) is 12.6 Å². The molecule has 0 saturated carbocycles. The SMILES string of the molecule is COc1ccc([C@H]2c3cc(OC)c(OC)cc3CCN2C(=O)NC(C)C)cc1OC. The van der Waals surface area contributed by atoms with E-state index in [1.165, 1.54) is 0 Å².